The molecule has 0 saturated carbocycles. The number of thiazole rings is 1. The molecular formula is C12H20N2O2S. The van der Waals surface area contributed by atoms with E-state index in [4.69, 9.17) is 4.74 Å². The van der Waals surface area contributed by atoms with Gasteiger partial charge in [0.2, 0.25) is 0 Å². The second kappa shape index (κ2) is 6.59. The second-order valence-corrected chi connectivity index (χ2v) is 4.65. The maximum atomic E-state index is 11.5. The summed E-state index contributed by atoms with van der Waals surface area (Å²) >= 11 is 1.48. The molecule has 0 fully saturated rings. The molecule has 1 aromatic heterocycles. The fourth-order valence-corrected chi connectivity index (χ4v) is 2.55. The van der Waals surface area contributed by atoms with Crippen LogP contribution in [0, 0.1) is 0 Å². The number of carbonyl (C=O) groups excluding carboxylic acids is 1. The minimum absolute atomic E-state index is 0.340. The van der Waals surface area contributed by atoms with E-state index in [2.05, 4.69) is 23.7 Å². The molecule has 0 amide bonds. The number of esters is 1. The summed E-state index contributed by atoms with van der Waals surface area (Å²) in [4.78, 5) is 17.9. The van der Waals surface area contributed by atoms with Gasteiger partial charge in [-0.15, -0.1) is 11.3 Å². The summed E-state index contributed by atoms with van der Waals surface area (Å²) in [6.07, 6.45) is 2.14. The molecule has 0 aliphatic carbocycles. The van der Waals surface area contributed by atoms with Crippen LogP contribution in [0.4, 0.5) is 5.13 Å². The van der Waals surface area contributed by atoms with E-state index in [0.29, 0.717) is 18.3 Å². The van der Waals surface area contributed by atoms with E-state index in [-0.39, 0.29) is 5.97 Å². The first kappa shape index (κ1) is 14.0. The molecule has 0 atom stereocenters. The molecule has 0 saturated heterocycles. The Morgan fingerprint density at radius 3 is 2.65 bits per heavy atom. The zero-order valence-electron chi connectivity index (χ0n) is 10.9. The van der Waals surface area contributed by atoms with Gasteiger partial charge in [-0.25, -0.2) is 9.78 Å². The number of nitrogens with zero attached hydrogens (tertiary/aromatic N) is 2. The third-order valence-electron chi connectivity index (χ3n) is 2.77. The predicted molar refractivity (Wildman–Crippen MR) is 70.8 cm³/mol. The standard InChI is InChI=1S/C12H20N2O2S/c1-5-9(6-2)14(4)12-13-10(8-17-12)11(15)16-7-3/h8-9H,5-7H2,1-4H3. The van der Waals surface area contributed by atoms with Crippen molar-refractivity contribution < 1.29 is 9.53 Å². The Morgan fingerprint density at radius 1 is 1.47 bits per heavy atom. The third kappa shape index (κ3) is 3.43. The Kier molecular flexibility index (Phi) is 5.41. The van der Waals surface area contributed by atoms with Gasteiger partial charge in [0.15, 0.2) is 10.8 Å². The van der Waals surface area contributed by atoms with Gasteiger partial charge in [-0.2, -0.15) is 0 Å². The van der Waals surface area contributed by atoms with Crippen molar-refractivity contribution in [2.45, 2.75) is 39.7 Å². The van der Waals surface area contributed by atoms with Crippen LogP contribution >= 0.6 is 11.3 Å². The maximum absolute atomic E-state index is 11.5. The van der Waals surface area contributed by atoms with E-state index >= 15 is 0 Å². The molecule has 1 aromatic rings. The Morgan fingerprint density at radius 2 is 2.12 bits per heavy atom. The van der Waals surface area contributed by atoms with Crippen molar-refractivity contribution >= 4 is 22.4 Å². The van der Waals surface area contributed by atoms with Crippen LogP contribution in [0.25, 0.3) is 0 Å². The maximum Gasteiger partial charge on any atom is 0.357 e. The average Bonchev–Trinajstić information content (AvgIpc) is 2.80. The number of ether oxygens (including phenoxy) is 1. The Balaban J connectivity index is 2.76. The molecule has 1 rings (SSSR count). The van der Waals surface area contributed by atoms with Crippen LogP contribution in [-0.2, 0) is 4.74 Å². The Labute approximate surface area is 107 Å². The molecule has 96 valence electrons. The van der Waals surface area contributed by atoms with Crippen LogP contribution in [0.1, 0.15) is 44.1 Å². The van der Waals surface area contributed by atoms with Crippen molar-refractivity contribution in [2.75, 3.05) is 18.6 Å². The van der Waals surface area contributed by atoms with E-state index in [1.54, 1.807) is 12.3 Å². The molecule has 0 unspecified atom stereocenters. The number of aromatic nitrogens is 1. The summed E-state index contributed by atoms with van der Waals surface area (Å²) < 4.78 is 4.92. The number of carbonyl (C=O) groups is 1. The van der Waals surface area contributed by atoms with Gasteiger partial charge in [0.1, 0.15) is 0 Å². The molecular weight excluding hydrogens is 236 g/mol. The number of rotatable bonds is 6. The van der Waals surface area contributed by atoms with E-state index in [1.807, 2.05) is 7.05 Å². The van der Waals surface area contributed by atoms with Crippen molar-refractivity contribution in [3.63, 3.8) is 0 Å². The van der Waals surface area contributed by atoms with Crippen LogP contribution in [0.3, 0.4) is 0 Å². The van der Waals surface area contributed by atoms with Crippen molar-refractivity contribution in [3.05, 3.63) is 11.1 Å². The molecule has 0 N–H and O–H groups in total. The highest BCUT2D eigenvalue weighted by atomic mass is 32.1. The molecule has 0 radical (unpaired) electrons. The largest absolute Gasteiger partial charge is 0.461 e. The molecule has 0 aromatic carbocycles. The molecule has 0 spiro atoms. The molecule has 5 heteroatoms. The van der Waals surface area contributed by atoms with Crippen LogP contribution in [0.5, 0.6) is 0 Å². The van der Waals surface area contributed by atoms with E-state index < -0.39 is 0 Å². The second-order valence-electron chi connectivity index (χ2n) is 3.82. The third-order valence-corrected chi connectivity index (χ3v) is 3.70. The Hall–Kier alpha value is -1.10. The molecule has 0 aliphatic rings. The number of hydrogen-bond acceptors (Lipinski definition) is 5. The average molecular weight is 256 g/mol. The quantitative estimate of drug-likeness (QED) is 0.734. The van der Waals surface area contributed by atoms with Gasteiger partial charge in [0, 0.05) is 18.5 Å². The molecule has 0 aliphatic heterocycles. The molecule has 4 nitrogen and oxygen atoms in total. The van der Waals surface area contributed by atoms with Gasteiger partial charge in [-0.05, 0) is 19.8 Å². The monoisotopic (exact) mass is 256 g/mol. The number of hydrogen-bond donors (Lipinski definition) is 0. The predicted octanol–water partition coefficient (Wildman–Crippen LogP) is 2.94. The zero-order chi connectivity index (χ0) is 12.8. The summed E-state index contributed by atoms with van der Waals surface area (Å²) in [6.45, 7) is 6.49. The van der Waals surface area contributed by atoms with Gasteiger partial charge in [-0.1, -0.05) is 13.8 Å². The van der Waals surface area contributed by atoms with Gasteiger partial charge in [0.25, 0.3) is 0 Å². The SMILES string of the molecule is CCOC(=O)c1csc(N(C)C(CC)CC)n1. The summed E-state index contributed by atoms with van der Waals surface area (Å²) in [7, 11) is 2.02. The first-order valence-electron chi connectivity index (χ1n) is 5.99. The van der Waals surface area contributed by atoms with E-state index in [9.17, 15) is 4.79 Å². The lowest BCUT2D eigenvalue weighted by Gasteiger charge is -2.25. The first-order chi connectivity index (χ1) is 8.13. The van der Waals surface area contributed by atoms with Gasteiger partial charge < -0.3 is 9.64 Å². The lowest BCUT2D eigenvalue weighted by molar-refractivity contribution is 0.0520. The number of anilines is 1. The highest BCUT2D eigenvalue weighted by Crippen LogP contribution is 2.23. The highest BCUT2D eigenvalue weighted by molar-refractivity contribution is 7.13. The van der Waals surface area contributed by atoms with Crippen LogP contribution in [0.15, 0.2) is 5.38 Å². The zero-order valence-corrected chi connectivity index (χ0v) is 11.7. The first-order valence-corrected chi connectivity index (χ1v) is 6.87. The van der Waals surface area contributed by atoms with Gasteiger partial charge in [-0.3, -0.25) is 0 Å². The smallest absolute Gasteiger partial charge is 0.357 e. The fraction of sp³-hybridized carbons (Fsp3) is 0.667. The summed E-state index contributed by atoms with van der Waals surface area (Å²) in [6, 6.07) is 0.469. The summed E-state index contributed by atoms with van der Waals surface area (Å²) in [5.74, 6) is -0.340. The highest BCUT2D eigenvalue weighted by Gasteiger charge is 2.17. The topological polar surface area (TPSA) is 42.4 Å². The lowest BCUT2D eigenvalue weighted by atomic mass is 10.1. The molecule has 1 heterocycles. The molecule has 17 heavy (non-hydrogen) atoms. The lowest BCUT2D eigenvalue weighted by Crippen LogP contribution is -2.30. The van der Waals surface area contributed by atoms with E-state index in [0.717, 1.165) is 18.0 Å². The van der Waals surface area contributed by atoms with Crippen LogP contribution in [0.2, 0.25) is 0 Å². The fourth-order valence-electron chi connectivity index (χ4n) is 1.72. The van der Waals surface area contributed by atoms with Crippen molar-refractivity contribution in [1.29, 1.82) is 0 Å². The van der Waals surface area contributed by atoms with Crippen molar-refractivity contribution in [3.8, 4) is 0 Å². The Bertz CT molecular complexity index is 361. The van der Waals surface area contributed by atoms with Crippen molar-refractivity contribution in [2.24, 2.45) is 0 Å². The van der Waals surface area contributed by atoms with E-state index in [1.165, 1.54) is 11.3 Å². The van der Waals surface area contributed by atoms with Crippen LogP contribution < -0.4 is 4.90 Å². The summed E-state index contributed by atoms with van der Waals surface area (Å²) in [5, 5.41) is 2.63. The van der Waals surface area contributed by atoms with Crippen LogP contribution in [-0.4, -0.2) is 30.6 Å². The van der Waals surface area contributed by atoms with Gasteiger partial charge >= 0.3 is 5.97 Å². The minimum Gasteiger partial charge on any atom is -0.461 e. The van der Waals surface area contributed by atoms with Gasteiger partial charge in [0.05, 0.1) is 6.61 Å². The normalized spacial score (nSPS) is 10.6. The molecule has 0 bridgehead atoms. The summed E-state index contributed by atoms with van der Waals surface area (Å²) in [5.41, 5.74) is 0.407. The van der Waals surface area contributed by atoms with Crippen molar-refractivity contribution in [1.82, 2.24) is 4.98 Å². The minimum atomic E-state index is -0.340.